The van der Waals surface area contributed by atoms with Gasteiger partial charge in [0.05, 0.1) is 36.9 Å². The first-order chi connectivity index (χ1) is 17.3. The SMILES string of the molecule is Cc1oc(-c2cccc(N(S(C)(=O)=O)S(C)(=O)=O)c2)nc1CCOc1ccc2c(c1)CC[C@@H]2CC(=O)O. The molecule has 3 aromatic rings. The summed E-state index contributed by atoms with van der Waals surface area (Å²) in [5.41, 5.74) is 3.23. The summed E-state index contributed by atoms with van der Waals surface area (Å²) in [6.45, 7) is 2.09. The normalized spacial score (nSPS) is 15.4. The van der Waals surface area contributed by atoms with Crippen molar-refractivity contribution >= 4 is 31.7 Å². The van der Waals surface area contributed by atoms with Gasteiger partial charge >= 0.3 is 5.97 Å². The lowest BCUT2D eigenvalue weighted by molar-refractivity contribution is -0.137. The third-order valence-corrected chi connectivity index (χ3v) is 9.40. The van der Waals surface area contributed by atoms with Crippen LogP contribution in [-0.2, 0) is 37.7 Å². The number of carboxylic acid groups (broad SMARTS) is 1. The van der Waals surface area contributed by atoms with Crippen LogP contribution in [0.5, 0.6) is 5.75 Å². The van der Waals surface area contributed by atoms with Gasteiger partial charge in [-0.2, -0.15) is 3.71 Å². The van der Waals surface area contributed by atoms with E-state index >= 15 is 0 Å². The van der Waals surface area contributed by atoms with E-state index in [0.717, 1.165) is 36.5 Å². The number of aryl methyl sites for hydroxylation is 2. The lowest BCUT2D eigenvalue weighted by Gasteiger charge is -2.19. The molecule has 1 aromatic heterocycles. The highest BCUT2D eigenvalue weighted by Gasteiger charge is 2.28. The van der Waals surface area contributed by atoms with E-state index in [1.54, 1.807) is 13.0 Å². The zero-order chi connectivity index (χ0) is 27.0. The second-order valence-corrected chi connectivity index (χ2v) is 13.0. The number of aliphatic carboxylic acids is 1. The van der Waals surface area contributed by atoms with Crippen molar-refractivity contribution in [3.05, 3.63) is 65.0 Å². The minimum Gasteiger partial charge on any atom is -0.493 e. The minimum absolute atomic E-state index is 0.0366. The number of carboxylic acids is 1. The van der Waals surface area contributed by atoms with Crippen LogP contribution in [0.2, 0.25) is 0 Å². The van der Waals surface area contributed by atoms with Crippen LogP contribution in [0.15, 0.2) is 46.9 Å². The van der Waals surface area contributed by atoms with Crippen LogP contribution in [0.4, 0.5) is 5.69 Å². The third kappa shape index (κ3) is 6.13. The number of aromatic nitrogens is 1. The maximum atomic E-state index is 12.1. The smallest absolute Gasteiger partial charge is 0.303 e. The topological polar surface area (TPSA) is 144 Å². The summed E-state index contributed by atoms with van der Waals surface area (Å²) in [6.07, 6.45) is 3.87. The molecule has 2 aromatic carbocycles. The predicted molar refractivity (Wildman–Crippen MR) is 138 cm³/mol. The van der Waals surface area contributed by atoms with Crippen molar-refractivity contribution < 1.29 is 35.9 Å². The molecule has 0 spiro atoms. The van der Waals surface area contributed by atoms with Crippen molar-refractivity contribution in [2.75, 3.05) is 22.8 Å². The maximum absolute atomic E-state index is 12.1. The van der Waals surface area contributed by atoms with Gasteiger partial charge in [-0.25, -0.2) is 21.8 Å². The van der Waals surface area contributed by atoms with E-state index in [1.807, 2.05) is 18.2 Å². The largest absolute Gasteiger partial charge is 0.493 e. The first-order valence-corrected chi connectivity index (χ1v) is 15.3. The molecule has 0 aliphatic heterocycles. The molecular weight excluding hydrogens is 520 g/mol. The number of oxazole rings is 1. The van der Waals surface area contributed by atoms with Crippen LogP contribution < -0.4 is 8.45 Å². The molecule has 1 atom stereocenters. The number of ether oxygens (including phenoxy) is 1. The number of nitrogens with zero attached hydrogens (tertiary/aromatic N) is 2. The van der Waals surface area contributed by atoms with Gasteiger partial charge in [0.15, 0.2) is 0 Å². The summed E-state index contributed by atoms with van der Waals surface area (Å²) in [4.78, 5) is 15.6. The molecule has 198 valence electrons. The van der Waals surface area contributed by atoms with Crippen molar-refractivity contribution in [3.8, 4) is 17.2 Å². The molecule has 4 rings (SSSR count). The minimum atomic E-state index is -4.08. The average Bonchev–Trinajstić information content (AvgIpc) is 3.35. The van der Waals surface area contributed by atoms with E-state index in [2.05, 4.69) is 4.98 Å². The molecule has 0 saturated carbocycles. The molecule has 0 unspecified atom stereocenters. The summed E-state index contributed by atoms with van der Waals surface area (Å²) in [7, 11) is -8.15. The lowest BCUT2D eigenvalue weighted by Crippen LogP contribution is -2.35. The van der Waals surface area contributed by atoms with E-state index < -0.39 is 26.0 Å². The summed E-state index contributed by atoms with van der Waals surface area (Å²) in [5.74, 6) is 0.745. The Bertz CT molecular complexity index is 1510. The summed E-state index contributed by atoms with van der Waals surface area (Å²) in [5, 5.41) is 9.09. The van der Waals surface area contributed by atoms with Crippen LogP contribution in [0.25, 0.3) is 11.5 Å². The van der Waals surface area contributed by atoms with E-state index in [-0.39, 0.29) is 23.9 Å². The van der Waals surface area contributed by atoms with Gasteiger partial charge in [-0.3, -0.25) is 4.79 Å². The van der Waals surface area contributed by atoms with Crippen LogP contribution >= 0.6 is 0 Å². The summed E-state index contributed by atoms with van der Waals surface area (Å²) < 4.78 is 60.5. The standard InChI is InChI=1S/C25H28N2O8S2/c1-16-23(11-12-34-21-9-10-22-17(14-21)7-8-18(22)15-24(28)29)26-25(35-16)19-5-4-6-20(13-19)27(36(2,30)31)37(3,32)33/h4-6,9-10,13-14,18H,7-8,11-12,15H2,1-3H3,(H,28,29)/t18-/m1/s1. The van der Waals surface area contributed by atoms with Gasteiger partial charge in [0.2, 0.25) is 25.9 Å². The first kappa shape index (κ1) is 26.7. The number of fused-ring (bicyclic) bond motifs is 1. The highest BCUT2D eigenvalue weighted by Crippen LogP contribution is 2.37. The molecule has 12 heteroatoms. The van der Waals surface area contributed by atoms with Crippen molar-refractivity contribution in [3.63, 3.8) is 0 Å². The van der Waals surface area contributed by atoms with E-state index in [4.69, 9.17) is 14.3 Å². The van der Waals surface area contributed by atoms with Crippen molar-refractivity contribution in [1.29, 1.82) is 0 Å². The second kappa shape index (κ2) is 10.2. The fraction of sp³-hybridized carbons (Fsp3) is 0.360. The van der Waals surface area contributed by atoms with Gasteiger partial charge in [0, 0.05) is 12.0 Å². The van der Waals surface area contributed by atoms with Crippen molar-refractivity contribution in [2.45, 2.75) is 38.5 Å². The van der Waals surface area contributed by atoms with Gasteiger partial charge in [0.25, 0.3) is 0 Å². The molecule has 0 bridgehead atoms. The third-order valence-electron chi connectivity index (χ3n) is 6.14. The Morgan fingerprint density at radius 2 is 1.86 bits per heavy atom. The Labute approximate surface area is 216 Å². The van der Waals surface area contributed by atoms with Gasteiger partial charge in [-0.15, -0.1) is 0 Å². The number of hydrogen-bond acceptors (Lipinski definition) is 8. The number of sulfonamides is 2. The maximum Gasteiger partial charge on any atom is 0.303 e. The Hall–Kier alpha value is -3.38. The zero-order valence-electron chi connectivity index (χ0n) is 20.7. The number of rotatable bonds is 10. The molecule has 1 N–H and O–H groups in total. The van der Waals surface area contributed by atoms with Gasteiger partial charge in [-0.05, 0) is 67.1 Å². The molecule has 1 heterocycles. The van der Waals surface area contributed by atoms with Crippen LogP contribution in [0.3, 0.4) is 0 Å². The van der Waals surface area contributed by atoms with Crippen LogP contribution in [0, 0.1) is 6.92 Å². The lowest BCUT2D eigenvalue weighted by atomic mass is 9.98. The molecule has 0 fully saturated rings. The van der Waals surface area contributed by atoms with Crippen molar-refractivity contribution in [1.82, 2.24) is 4.98 Å². The zero-order valence-corrected chi connectivity index (χ0v) is 22.3. The number of hydrogen-bond donors (Lipinski definition) is 1. The molecule has 0 amide bonds. The van der Waals surface area contributed by atoms with Crippen LogP contribution in [-0.4, -0.2) is 52.0 Å². The van der Waals surface area contributed by atoms with Crippen LogP contribution in [0.1, 0.15) is 41.3 Å². The van der Waals surface area contributed by atoms with Gasteiger partial charge in [-0.1, -0.05) is 12.1 Å². The number of carbonyl (C=O) groups is 1. The van der Waals surface area contributed by atoms with Crippen molar-refractivity contribution in [2.24, 2.45) is 0 Å². The Kier molecular flexibility index (Phi) is 7.33. The summed E-state index contributed by atoms with van der Waals surface area (Å²) in [6, 6.07) is 11.7. The highest BCUT2D eigenvalue weighted by molar-refractivity contribution is 8.09. The molecule has 1 aliphatic rings. The van der Waals surface area contributed by atoms with E-state index in [1.165, 1.54) is 18.2 Å². The Morgan fingerprint density at radius 3 is 2.54 bits per heavy atom. The number of benzene rings is 2. The molecule has 0 saturated heterocycles. The highest BCUT2D eigenvalue weighted by atomic mass is 32.3. The van der Waals surface area contributed by atoms with E-state index in [9.17, 15) is 21.6 Å². The molecule has 0 radical (unpaired) electrons. The Balaban J connectivity index is 1.46. The molecule has 37 heavy (non-hydrogen) atoms. The fourth-order valence-electron chi connectivity index (χ4n) is 4.63. The number of anilines is 1. The monoisotopic (exact) mass is 548 g/mol. The fourth-order valence-corrected chi connectivity index (χ4v) is 7.59. The molecular formula is C25H28N2O8S2. The van der Waals surface area contributed by atoms with E-state index in [0.29, 0.717) is 39.5 Å². The molecule has 10 nitrogen and oxygen atoms in total. The Morgan fingerprint density at radius 1 is 1.14 bits per heavy atom. The average molecular weight is 549 g/mol. The van der Waals surface area contributed by atoms with Gasteiger partial charge in [0.1, 0.15) is 11.5 Å². The van der Waals surface area contributed by atoms with Gasteiger partial charge < -0.3 is 14.3 Å². The predicted octanol–water partition coefficient (Wildman–Crippen LogP) is 3.50. The first-order valence-electron chi connectivity index (χ1n) is 11.6. The second-order valence-electron chi connectivity index (χ2n) is 9.09. The quantitative estimate of drug-likeness (QED) is 0.402. The molecule has 1 aliphatic carbocycles. The summed E-state index contributed by atoms with van der Waals surface area (Å²) >= 11 is 0.